The Balaban J connectivity index is 1.83. The largest absolute Gasteiger partial charge is 0.461 e. The van der Waals surface area contributed by atoms with Crippen molar-refractivity contribution in [2.45, 2.75) is 57.2 Å². The van der Waals surface area contributed by atoms with Crippen LogP contribution in [0.1, 0.15) is 20.8 Å². The predicted molar refractivity (Wildman–Crippen MR) is 89.3 cm³/mol. The SMILES string of the molecule is CC(=O)N[C@H]1C(Oc2ccccc2Cl)O[C@@H]2COC(C)(C)O[C@H]2[C@@H]1O. The van der Waals surface area contributed by atoms with Gasteiger partial charge in [-0.05, 0) is 26.0 Å². The summed E-state index contributed by atoms with van der Waals surface area (Å²) in [6.07, 6.45) is -3.14. The van der Waals surface area contributed by atoms with Crippen molar-refractivity contribution in [3.8, 4) is 5.75 Å². The Bertz CT molecular complexity index is 639. The van der Waals surface area contributed by atoms with Crippen molar-refractivity contribution in [2.75, 3.05) is 6.61 Å². The van der Waals surface area contributed by atoms with Crippen molar-refractivity contribution in [1.82, 2.24) is 5.32 Å². The normalized spacial score (nSPS) is 34.0. The van der Waals surface area contributed by atoms with Gasteiger partial charge in [0.25, 0.3) is 0 Å². The minimum absolute atomic E-state index is 0.240. The van der Waals surface area contributed by atoms with Crippen molar-refractivity contribution in [3.63, 3.8) is 0 Å². The van der Waals surface area contributed by atoms with Gasteiger partial charge in [0.05, 0.1) is 11.6 Å². The third kappa shape index (κ3) is 4.07. The molecule has 0 spiro atoms. The molecule has 0 aromatic heterocycles. The molecule has 25 heavy (non-hydrogen) atoms. The Labute approximate surface area is 151 Å². The standard InChI is InChI=1S/C17H22ClNO6/c1-9(20)19-13-14(21)15-12(8-22-17(2,3)25-15)24-16(13)23-11-7-5-4-6-10(11)18/h4-7,12-16,21H,8H2,1-3H3,(H,19,20)/t12-,13-,14-,15-,16?/m1/s1. The van der Waals surface area contributed by atoms with Crippen molar-refractivity contribution in [2.24, 2.45) is 0 Å². The first-order valence-electron chi connectivity index (χ1n) is 8.10. The summed E-state index contributed by atoms with van der Waals surface area (Å²) in [6, 6.07) is 6.10. The van der Waals surface area contributed by atoms with Crippen molar-refractivity contribution < 1.29 is 28.8 Å². The second-order valence-corrected chi connectivity index (χ2v) is 7.01. The van der Waals surface area contributed by atoms with Crippen LogP contribution in [0, 0.1) is 0 Å². The van der Waals surface area contributed by atoms with Gasteiger partial charge in [-0.15, -0.1) is 0 Å². The molecule has 0 aliphatic carbocycles. The number of fused-ring (bicyclic) bond motifs is 1. The molecule has 138 valence electrons. The molecular weight excluding hydrogens is 350 g/mol. The van der Waals surface area contributed by atoms with E-state index >= 15 is 0 Å². The number of nitrogens with one attached hydrogen (secondary N) is 1. The van der Waals surface area contributed by atoms with Gasteiger partial charge in [0.15, 0.2) is 5.79 Å². The number of hydrogen-bond donors (Lipinski definition) is 2. The number of benzene rings is 1. The van der Waals surface area contributed by atoms with E-state index in [-0.39, 0.29) is 12.5 Å². The summed E-state index contributed by atoms with van der Waals surface area (Å²) in [5.74, 6) is -0.763. The fraction of sp³-hybridized carbons (Fsp3) is 0.588. The molecule has 2 heterocycles. The van der Waals surface area contributed by atoms with Gasteiger partial charge in [0.2, 0.25) is 12.2 Å². The summed E-state index contributed by atoms with van der Waals surface area (Å²) in [6.45, 7) is 5.12. The first-order valence-corrected chi connectivity index (χ1v) is 8.48. The van der Waals surface area contributed by atoms with E-state index in [1.807, 2.05) is 0 Å². The smallest absolute Gasteiger partial charge is 0.223 e. The lowest BCUT2D eigenvalue weighted by Crippen LogP contribution is -2.69. The molecule has 2 saturated heterocycles. The zero-order valence-electron chi connectivity index (χ0n) is 14.3. The maximum Gasteiger partial charge on any atom is 0.223 e. The summed E-state index contributed by atoms with van der Waals surface area (Å²) in [5, 5.41) is 13.9. The lowest BCUT2D eigenvalue weighted by atomic mass is 9.95. The molecule has 8 heteroatoms. The fourth-order valence-electron chi connectivity index (χ4n) is 3.00. The van der Waals surface area contributed by atoms with E-state index in [1.165, 1.54) is 6.92 Å². The van der Waals surface area contributed by atoms with Crippen molar-refractivity contribution in [3.05, 3.63) is 29.3 Å². The van der Waals surface area contributed by atoms with Gasteiger partial charge in [-0.3, -0.25) is 4.79 Å². The number of carbonyl (C=O) groups is 1. The van der Waals surface area contributed by atoms with Gasteiger partial charge in [0.1, 0.15) is 30.1 Å². The average Bonchev–Trinajstić information content (AvgIpc) is 2.53. The van der Waals surface area contributed by atoms with Crippen LogP contribution in [0.3, 0.4) is 0 Å². The highest BCUT2D eigenvalue weighted by Gasteiger charge is 2.52. The number of amides is 1. The number of carbonyl (C=O) groups excluding carboxylic acids is 1. The van der Waals surface area contributed by atoms with Crippen LogP contribution >= 0.6 is 11.6 Å². The highest BCUT2D eigenvalue weighted by molar-refractivity contribution is 6.32. The van der Waals surface area contributed by atoms with E-state index in [4.69, 9.17) is 30.5 Å². The second-order valence-electron chi connectivity index (χ2n) is 6.60. The number of halogens is 1. The first kappa shape index (κ1) is 18.4. The summed E-state index contributed by atoms with van der Waals surface area (Å²) in [5.41, 5.74) is 0. The van der Waals surface area contributed by atoms with Crippen LogP contribution in [0.4, 0.5) is 0 Å². The van der Waals surface area contributed by atoms with E-state index in [0.717, 1.165) is 0 Å². The average molecular weight is 372 g/mol. The van der Waals surface area contributed by atoms with Crippen LogP contribution in [0.5, 0.6) is 5.75 Å². The third-order valence-corrected chi connectivity index (χ3v) is 4.45. The van der Waals surface area contributed by atoms with Crippen LogP contribution in [-0.4, -0.2) is 54.1 Å². The molecule has 7 nitrogen and oxygen atoms in total. The van der Waals surface area contributed by atoms with Crippen LogP contribution in [0.2, 0.25) is 5.02 Å². The maximum absolute atomic E-state index is 11.6. The number of aliphatic hydroxyl groups is 1. The van der Waals surface area contributed by atoms with E-state index in [0.29, 0.717) is 10.8 Å². The Morgan fingerprint density at radius 2 is 2.12 bits per heavy atom. The second kappa shape index (κ2) is 7.09. The van der Waals surface area contributed by atoms with Crippen molar-refractivity contribution in [1.29, 1.82) is 0 Å². The molecule has 2 aliphatic rings. The molecule has 0 radical (unpaired) electrons. The molecule has 1 aromatic rings. The van der Waals surface area contributed by atoms with Crippen LogP contribution in [0.15, 0.2) is 24.3 Å². The first-order chi connectivity index (χ1) is 11.8. The third-order valence-electron chi connectivity index (χ3n) is 4.14. The number of rotatable bonds is 3. The molecule has 1 aromatic carbocycles. The van der Waals surface area contributed by atoms with Crippen LogP contribution < -0.4 is 10.1 Å². The number of hydrogen-bond acceptors (Lipinski definition) is 6. The van der Waals surface area contributed by atoms with Gasteiger partial charge < -0.3 is 29.4 Å². The van der Waals surface area contributed by atoms with Crippen LogP contribution in [-0.2, 0) is 19.0 Å². The quantitative estimate of drug-likeness (QED) is 0.836. The fourth-order valence-corrected chi connectivity index (χ4v) is 3.18. The lowest BCUT2D eigenvalue weighted by Gasteiger charge is -2.49. The van der Waals surface area contributed by atoms with E-state index in [9.17, 15) is 9.90 Å². The Morgan fingerprint density at radius 3 is 2.80 bits per heavy atom. The van der Waals surface area contributed by atoms with Gasteiger partial charge in [-0.25, -0.2) is 0 Å². The molecule has 5 atom stereocenters. The topological polar surface area (TPSA) is 86.3 Å². The Kier molecular flexibility index (Phi) is 5.22. The Morgan fingerprint density at radius 1 is 1.40 bits per heavy atom. The summed E-state index contributed by atoms with van der Waals surface area (Å²) in [7, 11) is 0. The molecule has 3 rings (SSSR count). The highest BCUT2D eigenvalue weighted by atomic mass is 35.5. The zero-order valence-corrected chi connectivity index (χ0v) is 15.0. The summed E-state index contributed by atoms with van der Waals surface area (Å²) in [4.78, 5) is 11.6. The van der Waals surface area contributed by atoms with Gasteiger partial charge in [0, 0.05) is 6.92 Å². The minimum Gasteiger partial charge on any atom is -0.461 e. The molecule has 2 N–H and O–H groups in total. The van der Waals surface area contributed by atoms with Gasteiger partial charge in [-0.2, -0.15) is 0 Å². The van der Waals surface area contributed by atoms with E-state index in [1.54, 1.807) is 38.1 Å². The molecule has 1 amide bonds. The Hall–Kier alpha value is -1.38. The number of para-hydroxylation sites is 1. The molecular formula is C17H22ClNO6. The molecule has 2 fully saturated rings. The zero-order chi connectivity index (χ0) is 18.2. The van der Waals surface area contributed by atoms with Gasteiger partial charge >= 0.3 is 0 Å². The summed E-state index contributed by atoms with van der Waals surface area (Å²) < 4.78 is 23.1. The molecule has 2 aliphatic heterocycles. The maximum atomic E-state index is 11.6. The molecule has 0 bridgehead atoms. The molecule has 1 unspecified atom stereocenters. The van der Waals surface area contributed by atoms with Crippen molar-refractivity contribution >= 4 is 17.5 Å². The summed E-state index contributed by atoms with van der Waals surface area (Å²) >= 11 is 6.13. The number of ether oxygens (including phenoxy) is 4. The lowest BCUT2D eigenvalue weighted by molar-refractivity contribution is -0.361. The minimum atomic E-state index is -1.03. The predicted octanol–water partition coefficient (Wildman–Crippen LogP) is 1.46. The van der Waals surface area contributed by atoms with Crippen LogP contribution in [0.25, 0.3) is 0 Å². The van der Waals surface area contributed by atoms with Gasteiger partial charge in [-0.1, -0.05) is 23.7 Å². The monoisotopic (exact) mass is 371 g/mol. The van der Waals surface area contributed by atoms with E-state index < -0.39 is 36.4 Å². The highest BCUT2D eigenvalue weighted by Crippen LogP contribution is 2.34. The van der Waals surface area contributed by atoms with E-state index in [2.05, 4.69) is 5.32 Å². The number of aliphatic hydroxyl groups excluding tert-OH is 1. The molecule has 0 saturated carbocycles.